The Balaban J connectivity index is 2.16. The third-order valence-corrected chi connectivity index (χ3v) is 3.13. The second-order valence-electron chi connectivity index (χ2n) is 4.59. The lowest BCUT2D eigenvalue weighted by Gasteiger charge is -2.15. The normalized spacial score (nSPS) is 11.3. The number of para-hydroxylation sites is 1. The summed E-state index contributed by atoms with van der Waals surface area (Å²) in [4.78, 5) is 13.3. The number of rotatable bonds is 7. The van der Waals surface area contributed by atoms with Crippen LogP contribution >= 0.6 is 0 Å². The second-order valence-corrected chi connectivity index (χ2v) is 4.59. The third-order valence-electron chi connectivity index (χ3n) is 3.13. The first-order chi connectivity index (χ1) is 9.63. The largest absolute Gasteiger partial charge is 0.478 e. The van der Waals surface area contributed by atoms with Crippen LogP contribution in [0.25, 0.3) is 11.0 Å². The second kappa shape index (κ2) is 6.44. The molecule has 2 aromatic rings. The summed E-state index contributed by atoms with van der Waals surface area (Å²) in [5.74, 6) is -0.966. The number of aromatic carboxylic acids is 1. The van der Waals surface area contributed by atoms with Crippen molar-refractivity contribution in [3.05, 3.63) is 23.8 Å². The van der Waals surface area contributed by atoms with Gasteiger partial charge in [0, 0.05) is 20.2 Å². The Morgan fingerprint density at radius 3 is 2.95 bits per heavy atom. The lowest BCUT2D eigenvalue weighted by atomic mass is 10.2. The van der Waals surface area contributed by atoms with Crippen LogP contribution in [0.3, 0.4) is 0 Å². The highest BCUT2D eigenvalue weighted by molar-refractivity contribution is 6.00. The number of hydrogen-bond donors (Lipinski definition) is 1. The molecule has 0 amide bonds. The highest BCUT2D eigenvalue weighted by Crippen LogP contribution is 2.16. The molecule has 1 heterocycles. The molecular formula is C13H18N4O3. The number of carboxylic acids is 1. The van der Waals surface area contributed by atoms with Gasteiger partial charge in [0.25, 0.3) is 0 Å². The van der Waals surface area contributed by atoms with Gasteiger partial charge in [0.2, 0.25) is 0 Å². The van der Waals surface area contributed by atoms with E-state index in [2.05, 4.69) is 15.2 Å². The topological polar surface area (TPSA) is 80.5 Å². The quantitative estimate of drug-likeness (QED) is 0.803. The molecule has 108 valence electrons. The summed E-state index contributed by atoms with van der Waals surface area (Å²) in [7, 11) is 3.65. The van der Waals surface area contributed by atoms with Crippen molar-refractivity contribution in [1.29, 1.82) is 0 Å². The van der Waals surface area contributed by atoms with Gasteiger partial charge in [-0.1, -0.05) is 11.3 Å². The Kier molecular flexibility index (Phi) is 4.65. The summed E-state index contributed by atoms with van der Waals surface area (Å²) in [5, 5.41) is 17.3. The molecule has 0 bridgehead atoms. The Morgan fingerprint density at radius 1 is 1.45 bits per heavy atom. The minimum atomic E-state index is -0.966. The summed E-state index contributed by atoms with van der Waals surface area (Å²) >= 11 is 0. The molecule has 20 heavy (non-hydrogen) atoms. The van der Waals surface area contributed by atoms with Gasteiger partial charge in [-0.05, 0) is 19.2 Å². The minimum Gasteiger partial charge on any atom is -0.478 e. The van der Waals surface area contributed by atoms with Crippen molar-refractivity contribution in [3.63, 3.8) is 0 Å². The van der Waals surface area contributed by atoms with E-state index in [0.717, 1.165) is 13.1 Å². The predicted octanol–water partition coefficient (Wildman–Crippen LogP) is 0.708. The van der Waals surface area contributed by atoms with Crippen LogP contribution in [-0.2, 0) is 11.3 Å². The van der Waals surface area contributed by atoms with Crippen molar-refractivity contribution in [1.82, 2.24) is 19.9 Å². The fourth-order valence-corrected chi connectivity index (χ4v) is 1.98. The van der Waals surface area contributed by atoms with Gasteiger partial charge < -0.3 is 14.7 Å². The monoisotopic (exact) mass is 278 g/mol. The average molecular weight is 278 g/mol. The fourth-order valence-electron chi connectivity index (χ4n) is 1.98. The Morgan fingerprint density at radius 2 is 2.25 bits per heavy atom. The van der Waals surface area contributed by atoms with Gasteiger partial charge in [0.15, 0.2) is 0 Å². The highest BCUT2D eigenvalue weighted by atomic mass is 16.5. The van der Waals surface area contributed by atoms with E-state index in [-0.39, 0.29) is 5.56 Å². The summed E-state index contributed by atoms with van der Waals surface area (Å²) in [6.45, 7) is 2.81. The number of nitrogens with zero attached hydrogens (tertiary/aromatic N) is 4. The Hall–Kier alpha value is -1.99. The van der Waals surface area contributed by atoms with Crippen LogP contribution in [0.1, 0.15) is 10.4 Å². The van der Waals surface area contributed by atoms with Crippen LogP contribution in [0, 0.1) is 0 Å². The molecule has 7 nitrogen and oxygen atoms in total. The molecule has 1 N–H and O–H groups in total. The van der Waals surface area contributed by atoms with E-state index in [4.69, 9.17) is 4.74 Å². The van der Waals surface area contributed by atoms with Gasteiger partial charge in [-0.25, -0.2) is 9.48 Å². The van der Waals surface area contributed by atoms with Gasteiger partial charge in [-0.15, -0.1) is 5.10 Å². The first-order valence-electron chi connectivity index (χ1n) is 6.36. The van der Waals surface area contributed by atoms with E-state index in [9.17, 15) is 9.90 Å². The molecule has 0 atom stereocenters. The SMILES string of the molecule is COCCN(C)CCn1nnc2cccc(C(=O)O)c21. The lowest BCUT2D eigenvalue weighted by molar-refractivity contribution is 0.0698. The van der Waals surface area contributed by atoms with Gasteiger partial charge >= 0.3 is 5.97 Å². The maximum absolute atomic E-state index is 11.2. The first kappa shape index (κ1) is 14.4. The Bertz CT molecular complexity index is 596. The molecule has 2 rings (SSSR count). The molecule has 0 aliphatic rings. The lowest BCUT2D eigenvalue weighted by Crippen LogP contribution is -2.27. The van der Waals surface area contributed by atoms with Crippen molar-refractivity contribution < 1.29 is 14.6 Å². The molecule has 0 aliphatic heterocycles. The first-order valence-corrected chi connectivity index (χ1v) is 6.36. The number of likely N-dealkylation sites (N-methyl/N-ethyl adjacent to an activating group) is 1. The summed E-state index contributed by atoms with van der Waals surface area (Å²) < 4.78 is 6.66. The number of carbonyl (C=O) groups is 1. The van der Waals surface area contributed by atoms with Gasteiger partial charge in [0.1, 0.15) is 11.0 Å². The molecule has 0 unspecified atom stereocenters. The highest BCUT2D eigenvalue weighted by Gasteiger charge is 2.14. The maximum Gasteiger partial charge on any atom is 0.337 e. The molecule has 0 fully saturated rings. The molecule has 0 aliphatic carbocycles. The predicted molar refractivity (Wildman–Crippen MR) is 73.9 cm³/mol. The van der Waals surface area contributed by atoms with E-state index >= 15 is 0 Å². The molecule has 0 radical (unpaired) electrons. The summed E-state index contributed by atoms with van der Waals surface area (Å²) in [6.07, 6.45) is 0. The molecule has 0 saturated heterocycles. The van der Waals surface area contributed by atoms with Crippen molar-refractivity contribution in [2.45, 2.75) is 6.54 Å². The number of methoxy groups -OCH3 is 1. The minimum absolute atomic E-state index is 0.229. The number of fused-ring (bicyclic) bond motifs is 1. The van der Waals surface area contributed by atoms with Gasteiger partial charge in [-0.3, -0.25) is 0 Å². The molecule has 1 aromatic carbocycles. The number of ether oxygens (including phenoxy) is 1. The summed E-state index contributed by atoms with van der Waals surface area (Å²) in [6, 6.07) is 5.01. The number of carboxylic acid groups (broad SMARTS) is 1. The van der Waals surface area contributed by atoms with Crippen molar-refractivity contribution >= 4 is 17.0 Å². The van der Waals surface area contributed by atoms with Gasteiger partial charge in [-0.2, -0.15) is 0 Å². The van der Waals surface area contributed by atoms with E-state index in [0.29, 0.717) is 24.2 Å². The zero-order valence-electron chi connectivity index (χ0n) is 11.6. The third kappa shape index (κ3) is 3.12. The van der Waals surface area contributed by atoms with E-state index in [1.54, 1.807) is 30.0 Å². The fraction of sp³-hybridized carbons (Fsp3) is 0.462. The maximum atomic E-state index is 11.2. The van der Waals surface area contributed by atoms with E-state index < -0.39 is 5.97 Å². The van der Waals surface area contributed by atoms with Crippen LogP contribution < -0.4 is 0 Å². The van der Waals surface area contributed by atoms with Crippen LogP contribution in [0.5, 0.6) is 0 Å². The van der Waals surface area contributed by atoms with Crippen molar-refractivity contribution in [2.75, 3.05) is 33.9 Å². The van der Waals surface area contributed by atoms with Crippen molar-refractivity contribution in [3.8, 4) is 0 Å². The zero-order chi connectivity index (χ0) is 14.5. The molecule has 1 aromatic heterocycles. The van der Waals surface area contributed by atoms with Gasteiger partial charge in [0.05, 0.1) is 18.7 Å². The van der Waals surface area contributed by atoms with Crippen molar-refractivity contribution in [2.24, 2.45) is 0 Å². The Labute approximate surface area is 116 Å². The smallest absolute Gasteiger partial charge is 0.337 e. The van der Waals surface area contributed by atoms with Crippen LogP contribution in [-0.4, -0.2) is 64.8 Å². The van der Waals surface area contributed by atoms with E-state index in [1.807, 2.05) is 7.05 Å². The molecule has 0 spiro atoms. The number of benzene rings is 1. The number of hydrogen-bond acceptors (Lipinski definition) is 5. The number of aromatic nitrogens is 3. The standard InChI is InChI=1S/C13H18N4O3/c1-16(8-9-20-2)6-7-17-12-10(13(18)19)4-3-5-11(12)14-15-17/h3-5H,6-9H2,1-2H3,(H,18,19). The average Bonchev–Trinajstić information content (AvgIpc) is 2.85. The molecular weight excluding hydrogens is 260 g/mol. The van der Waals surface area contributed by atoms with Crippen LogP contribution in [0.15, 0.2) is 18.2 Å². The molecule has 7 heteroatoms. The molecule has 0 saturated carbocycles. The van der Waals surface area contributed by atoms with E-state index in [1.165, 1.54) is 0 Å². The zero-order valence-corrected chi connectivity index (χ0v) is 11.6. The van der Waals surface area contributed by atoms with Crippen LogP contribution in [0.2, 0.25) is 0 Å². The van der Waals surface area contributed by atoms with Crippen LogP contribution in [0.4, 0.5) is 0 Å². The summed E-state index contributed by atoms with van der Waals surface area (Å²) in [5.41, 5.74) is 1.40.